The molecule has 1 aliphatic rings. The molecule has 0 spiro atoms. The summed E-state index contributed by atoms with van der Waals surface area (Å²) in [5, 5.41) is 2.96. The van der Waals surface area contributed by atoms with Crippen molar-refractivity contribution < 1.29 is 4.79 Å². The number of benzene rings is 2. The molecule has 1 aliphatic heterocycles. The standard InChI is InChI=1S/C18H20N2O/c1-14-6-4-8-16(12-14)19-18(21)15-7-5-9-17(13-15)20-10-2-3-11-20/h4-9,12-13H,2-3,10-11H2,1H3,(H,19,21). The first kappa shape index (κ1) is 13.7. The number of anilines is 2. The number of hydrogen-bond donors (Lipinski definition) is 1. The molecule has 0 aromatic heterocycles. The van der Waals surface area contributed by atoms with Gasteiger partial charge in [-0.3, -0.25) is 4.79 Å². The zero-order chi connectivity index (χ0) is 14.7. The zero-order valence-electron chi connectivity index (χ0n) is 12.3. The molecule has 0 unspecified atom stereocenters. The number of carbonyl (C=O) groups excluding carboxylic acids is 1. The minimum atomic E-state index is -0.0540. The fraction of sp³-hybridized carbons (Fsp3) is 0.278. The predicted octanol–water partition coefficient (Wildman–Crippen LogP) is 3.85. The van der Waals surface area contributed by atoms with Gasteiger partial charge in [-0.25, -0.2) is 0 Å². The van der Waals surface area contributed by atoms with Crippen LogP contribution in [0.1, 0.15) is 28.8 Å². The second kappa shape index (κ2) is 6.00. The number of nitrogens with zero attached hydrogens (tertiary/aromatic N) is 1. The summed E-state index contributed by atoms with van der Waals surface area (Å²) in [6, 6.07) is 15.7. The maximum Gasteiger partial charge on any atom is 0.255 e. The maximum atomic E-state index is 12.4. The Labute approximate surface area is 125 Å². The highest BCUT2D eigenvalue weighted by Gasteiger charge is 2.14. The van der Waals surface area contributed by atoms with E-state index in [9.17, 15) is 4.79 Å². The van der Waals surface area contributed by atoms with Crippen LogP contribution in [0, 0.1) is 6.92 Å². The Morgan fingerprint density at radius 2 is 1.81 bits per heavy atom. The Bertz CT molecular complexity index is 645. The van der Waals surface area contributed by atoms with E-state index >= 15 is 0 Å². The van der Waals surface area contributed by atoms with Crippen LogP contribution in [0.25, 0.3) is 0 Å². The number of rotatable bonds is 3. The van der Waals surface area contributed by atoms with Gasteiger partial charge in [0.05, 0.1) is 0 Å². The average Bonchev–Trinajstić information content (AvgIpc) is 3.02. The second-order valence-electron chi connectivity index (χ2n) is 5.57. The molecule has 0 aliphatic carbocycles. The van der Waals surface area contributed by atoms with Gasteiger partial charge in [-0.1, -0.05) is 18.2 Å². The fourth-order valence-electron chi connectivity index (χ4n) is 2.75. The molecule has 3 heteroatoms. The van der Waals surface area contributed by atoms with Gasteiger partial charge in [0.1, 0.15) is 0 Å². The summed E-state index contributed by atoms with van der Waals surface area (Å²) in [6.45, 7) is 4.19. The molecule has 2 aromatic rings. The molecule has 1 amide bonds. The normalized spacial score (nSPS) is 14.2. The molecule has 0 radical (unpaired) electrons. The van der Waals surface area contributed by atoms with Gasteiger partial charge in [-0.2, -0.15) is 0 Å². The van der Waals surface area contributed by atoms with Crippen LogP contribution in [0.5, 0.6) is 0 Å². The lowest BCUT2D eigenvalue weighted by Crippen LogP contribution is -2.19. The Balaban J connectivity index is 1.76. The summed E-state index contributed by atoms with van der Waals surface area (Å²) in [5.74, 6) is -0.0540. The van der Waals surface area contributed by atoms with Crippen LogP contribution in [0.4, 0.5) is 11.4 Å². The smallest absolute Gasteiger partial charge is 0.255 e. The summed E-state index contributed by atoms with van der Waals surface area (Å²) >= 11 is 0. The van der Waals surface area contributed by atoms with E-state index in [1.165, 1.54) is 12.8 Å². The maximum absolute atomic E-state index is 12.4. The van der Waals surface area contributed by atoms with Crippen molar-refractivity contribution in [1.82, 2.24) is 0 Å². The molecule has 0 bridgehead atoms. The summed E-state index contributed by atoms with van der Waals surface area (Å²) < 4.78 is 0. The number of amides is 1. The van der Waals surface area contributed by atoms with Crippen LogP contribution in [-0.4, -0.2) is 19.0 Å². The lowest BCUT2D eigenvalue weighted by atomic mass is 10.1. The predicted molar refractivity (Wildman–Crippen MR) is 87.0 cm³/mol. The fourth-order valence-corrected chi connectivity index (χ4v) is 2.75. The van der Waals surface area contributed by atoms with Gasteiger partial charge in [-0.05, 0) is 55.7 Å². The molecule has 0 atom stereocenters. The van der Waals surface area contributed by atoms with E-state index in [-0.39, 0.29) is 5.91 Å². The first-order valence-corrected chi connectivity index (χ1v) is 7.45. The molecule has 108 valence electrons. The van der Waals surface area contributed by atoms with Gasteiger partial charge in [0.25, 0.3) is 5.91 Å². The molecular weight excluding hydrogens is 260 g/mol. The Kier molecular flexibility index (Phi) is 3.91. The Morgan fingerprint density at radius 3 is 2.57 bits per heavy atom. The van der Waals surface area contributed by atoms with Crippen molar-refractivity contribution in [3.05, 3.63) is 59.7 Å². The van der Waals surface area contributed by atoms with E-state index in [0.717, 1.165) is 30.0 Å². The van der Waals surface area contributed by atoms with E-state index in [2.05, 4.69) is 16.3 Å². The number of aryl methyl sites for hydroxylation is 1. The topological polar surface area (TPSA) is 32.3 Å². The van der Waals surface area contributed by atoms with Crippen molar-refractivity contribution in [3.63, 3.8) is 0 Å². The molecule has 1 fully saturated rings. The van der Waals surface area contributed by atoms with Gasteiger partial charge in [0, 0.05) is 30.0 Å². The minimum Gasteiger partial charge on any atom is -0.372 e. The lowest BCUT2D eigenvalue weighted by Gasteiger charge is -2.18. The highest BCUT2D eigenvalue weighted by atomic mass is 16.1. The third kappa shape index (κ3) is 3.24. The van der Waals surface area contributed by atoms with Crippen LogP contribution in [0.15, 0.2) is 48.5 Å². The van der Waals surface area contributed by atoms with Gasteiger partial charge in [-0.15, -0.1) is 0 Å². The van der Waals surface area contributed by atoms with Gasteiger partial charge < -0.3 is 10.2 Å². The Hall–Kier alpha value is -2.29. The molecule has 1 saturated heterocycles. The largest absolute Gasteiger partial charge is 0.372 e. The van der Waals surface area contributed by atoms with Gasteiger partial charge in [0.15, 0.2) is 0 Å². The lowest BCUT2D eigenvalue weighted by molar-refractivity contribution is 0.102. The van der Waals surface area contributed by atoms with Crippen molar-refractivity contribution >= 4 is 17.3 Å². The van der Waals surface area contributed by atoms with E-state index in [4.69, 9.17) is 0 Å². The molecule has 3 nitrogen and oxygen atoms in total. The molecule has 3 rings (SSSR count). The monoisotopic (exact) mass is 280 g/mol. The van der Waals surface area contributed by atoms with Crippen molar-refractivity contribution in [1.29, 1.82) is 0 Å². The van der Waals surface area contributed by atoms with E-state index in [0.29, 0.717) is 5.56 Å². The SMILES string of the molecule is Cc1cccc(NC(=O)c2cccc(N3CCCC3)c2)c1. The molecular formula is C18H20N2O. The number of hydrogen-bond acceptors (Lipinski definition) is 2. The molecule has 2 aromatic carbocycles. The van der Waals surface area contributed by atoms with E-state index in [1.54, 1.807) is 0 Å². The minimum absolute atomic E-state index is 0.0540. The van der Waals surface area contributed by atoms with Crippen molar-refractivity contribution in [2.75, 3.05) is 23.3 Å². The van der Waals surface area contributed by atoms with Crippen molar-refractivity contribution in [2.45, 2.75) is 19.8 Å². The van der Waals surface area contributed by atoms with E-state index in [1.807, 2.05) is 49.4 Å². The first-order chi connectivity index (χ1) is 10.2. The average molecular weight is 280 g/mol. The summed E-state index contributed by atoms with van der Waals surface area (Å²) in [4.78, 5) is 14.7. The van der Waals surface area contributed by atoms with Crippen LogP contribution < -0.4 is 10.2 Å². The third-order valence-electron chi connectivity index (χ3n) is 3.86. The molecule has 1 heterocycles. The summed E-state index contributed by atoms with van der Waals surface area (Å²) in [7, 11) is 0. The molecule has 0 saturated carbocycles. The highest BCUT2D eigenvalue weighted by Crippen LogP contribution is 2.21. The number of nitrogens with one attached hydrogen (secondary N) is 1. The van der Waals surface area contributed by atoms with Crippen molar-refractivity contribution in [2.24, 2.45) is 0 Å². The Morgan fingerprint density at radius 1 is 1.05 bits per heavy atom. The number of carbonyl (C=O) groups is 1. The summed E-state index contributed by atoms with van der Waals surface area (Å²) in [6.07, 6.45) is 2.47. The highest BCUT2D eigenvalue weighted by molar-refractivity contribution is 6.04. The van der Waals surface area contributed by atoms with Gasteiger partial charge >= 0.3 is 0 Å². The van der Waals surface area contributed by atoms with Gasteiger partial charge in [0.2, 0.25) is 0 Å². The van der Waals surface area contributed by atoms with Crippen LogP contribution in [0.3, 0.4) is 0 Å². The zero-order valence-corrected chi connectivity index (χ0v) is 12.3. The first-order valence-electron chi connectivity index (χ1n) is 7.45. The quantitative estimate of drug-likeness (QED) is 0.926. The van der Waals surface area contributed by atoms with Crippen molar-refractivity contribution in [3.8, 4) is 0 Å². The third-order valence-corrected chi connectivity index (χ3v) is 3.86. The molecule has 21 heavy (non-hydrogen) atoms. The summed E-state index contributed by atoms with van der Waals surface area (Å²) in [5.41, 5.74) is 3.83. The van der Waals surface area contributed by atoms with Crippen LogP contribution >= 0.6 is 0 Å². The van der Waals surface area contributed by atoms with Crippen LogP contribution in [-0.2, 0) is 0 Å². The van der Waals surface area contributed by atoms with Crippen LogP contribution in [0.2, 0.25) is 0 Å². The second-order valence-corrected chi connectivity index (χ2v) is 5.57. The van der Waals surface area contributed by atoms with E-state index < -0.39 is 0 Å². The molecule has 1 N–H and O–H groups in total.